The van der Waals surface area contributed by atoms with Gasteiger partial charge in [-0.3, -0.25) is 9.69 Å². The molecule has 8 heteroatoms. The maximum absolute atomic E-state index is 13.1. The van der Waals surface area contributed by atoms with Crippen LogP contribution in [-0.4, -0.2) is 50.6 Å². The number of anilines is 1. The number of carbonyl (C=O) groups excluding carboxylic acids is 1. The molecule has 2 aromatic carbocycles. The smallest absolute Gasteiger partial charge is 0.255 e. The largest absolute Gasteiger partial charge is 0.373 e. The van der Waals surface area contributed by atoms with Gasteiger partial charge in [0.25, 0.3) is 5.91 Å². The van der Waals surface area contributed by atoms with Crippen LogP contribution in [0.1, 0.15) is 48.2 Å². The third kappa shape index (κ3) is 5.56. The van der Waals surface area contributed by atoms with Gasteiger partial charge in [0.05, 0.1) is 17.1 Å². The summed E-state index contributed by atoms with van der Waals surface area (Å²) in [7, 11) is -3.63. The van der Waals surface area contributed by atoms with Crippen molar-refractivity contribution >= 4 is 21.6 Å². The van der Waals surface area contributed by atoms with Crippen molar-refractivity contribution in [2.75, 3.05) is 18.4 Å². The highest BCUT2D eigenvalue weighted by atomic mass is 32.2. The van der Waals surface area contributed by atoms with E-state index in [0.29, 0.717) is 12.1 Å². The van der Waals surface area contributed by atoms with Gasteiger partial charge in [0.2, 0.25) is 10.0 Å². The van der Waals surface area contributed by atoms with Gasteiger partial charge in [-0.15, -0.1) is 0 Å². The minimum Gasteiger partial charge on any atom is -0.373 e. The number of nitrogens with one attached hydrogen (secondary N) is 2. The fourth-order valence-electron chi connectivity index (χ4n) is 4.13. The zero-order valence-electron chi connectivity index (χ0n) is 18.8. The van der Waals surface area contributed by atoms with Gasteiger partial charge < -0.3 is 10.1 Å². The third-order valence-corrected chi connectivity index (χ3v) is 7.34. The highest BCUT2D eigenvalue weighted by molar-refractivity contribution is 7.89. The summed E-state index contributed by atoms with van der Waals surface area (Å²) in [6.07, 6.45) is 2.04. The summed E-state index contributed by atoms with van der Waals surface area (Å²) in [6, 6.07) is 12.4. The Bertz CT molecular complexity index is 1090. The van der Waals surface area contributed by atoms with Crippen molar-refractivity contribution in [2.45, 2.75) is 63.3 Å². The summed E-state index contributed by atoms with van der Waals surface area (Å²) in [4.78, 5) is 15.6. The quantitative estimate of drug-likeness (QED) is 0.666. The van der Waals surface area contributed by atoms with E-state index in [4.69, 9.17) is 4.74 Å². The van der Waals surface area contributed by atoms with Crippen LogP contribution in [0.2, 0.25) is 0 Å². The van der Waals surface area contributed by atoms with Crippen LogP contribution in [0.25, 0.3) is 0 Å². The van der Waals surface area contributed by atoms with E-state index < -0.39 is 10.0 Å². The van der Waals surface area contributed by atoms with Crippen LogP contribution in [0.4, 0.5) is 5.69 Å². The van der Waals surface area contributed by atoms with Crippen molar-refractivity contribution in [3.63, 3.8) is 0 Å². The van der Waals surface area contributed by atoms with Crippen molar-refractivity contribution in [2.24, 2.45) is 0 Å². The van der Waals surface area contributed by atoms with Gasteiger partial charge in [-0.1, -0.05) is 24.3 Å². The van der Waals surface area contributed by atoms with Crippen LogP contribution in [0.3, 0.4) is 0 Å². The minimum absolute atomic E-state index is 0.0103. The number of para-hydroxylation sites is 1. The molecular formula is C24H31N3O4S. The Morgan fingerprint density at radius 2 is 1.78 bits per heavy atom. The predicted octanol–water partition coefficient (Wildman–Crippen LogP) is 3.30. The maximum Gasteiger partial charge on any atom is 0.255 e. The Kier molecular flexibility index (Phi) is 6.67. The predicted molar refractivity (Wildman–Crippen MR) is 124 cm³/mol. The molecule has 1 aliphatic heterocycles. The number of sulfonamides is 1. The number of benzene rings is 2. The first-order valence-electron chi connectivity index (χ1n) is 11.1. The van der Waals surface area contributed by atoms with Gasteiger partial charge in [-0.2, -0.15) is 0 Å². The standard InChI is InChI=1S/C24H31N3O4S/c1-16-8-11-21(32(29,30)26-20-9-10-20)12-22(16)24(28)25-23-7-5-4-6-19(23)15-27-13-17(2)31-18(3)14-27/h4-8,11-12,17-18,20,26H,9-10,13-15H2,1-3H3,(H,25,28). The van der Waals surface area contributed by atoms with Crippen LogP contribution in [0, 0.1) is 6.92 Å². The number of rotatable bonds is 7. The summed E-state index contributed by atoms with van der Waals surface area (Å²) < 4.78 is 33.7. The van der Waals surface area contributed by atoms with Gasteiger partial charge in [-0.05, 0) is 62.9 Å². The van der Waals surface area contributed by atoms with E-state index >= 15 is 0 Å². The van der Waals surface area contributed by atoms with E-state index in [9.17, 15) is 13.2 Å². The Morgan fingerprint density at radius 1 is 1.09 bits per heavy atom. The molecule has 0 bridgehead atoms. The number of morpholine rings is 1. The summed E-state index contributed by atoms with van der Waals surface area (Å²) in [6.45, 7) is 8.31. The SMILES string of the molecule is Cc1ccc(S(=O)(=O)NC2CC2)cc1C(=O)Nc1ccccc1CN1CC(C)OC(C)C1. The van der Waals surface area contributed by atoms with Gasteiger partial charge in [0.1, 0.15) is 0 Å². The van der Waals surface area contributed by atoms with Crippen molar-refractivity contribution in [3.8, 4) is 0 Å². The Balaban J connectivity index is 1.52. The summed E-state index contributed by atoms with van der Waals surface area (Å²) in [5, 5.41) is 3.00. The molecule has 0 aromatic heterocycles. The third-order valence-electron chi connectivity index (χ3n) is 5.82. The van der Waals surface area contributed by atoms with Gasteiger partial charge in [-0.25, -0.2) is 13.1 Å². The summed E-state index contributed by atoms with van der Waals surface area (Å²) in [5.74, 6) is -0.317. The second kappa shape index (κ2) is 9.31. The molecule has 2 fully saturated rings. The lowest BCUT2D eigenvalue weighted by atomic mass is 10.1. The number of aryl methyl sites for hydroxylation is 1. The number of amides is 1. The van der Waals surface area contributed by atoms with Crippen molar-refractivity contribution in [3.05, 3.63) is 59.2 Å². The first-order chi connectivity index (χ1) is 15.2. The molecule has 0 radical (unpaired) electrons. The highest BCUT2D eigenvalue weighted by Crippen LogP contribution is 2.25. The van der Waals surface area contributed by atoms with E-state index in [0.717, 1.165) is 42.7 Å². The monoisotopic (exact) mass is 457 g/mol. The fraction of sp³-hybridized carbons (Fsp3) is 0.458. The van der Waals surface area contributed by atoms with Crippen molar-refractivity contribution < 1.29 is 17.9 Å². The van der Waals surface area contributed by atoms with Gasteiger partial charge >= 0.3 is 0 Å². The van der Waals surface area contributed by atoms with E-state index in [2.05, 4.69) is 28.8 Å². The summed E-state index contributed by atoms with van der Waals surface area (Å²) >= 11 is 0. The Morgan fingerprint density at radius 3 is 2.47 bits per heavy atom. The van der Waals surface area contributed by atoms with E-state index in [-0.39, 0.29) is 29.1 Å². The zero-order valence-corrected chi connectivity index (χ0v) is 19.6. The van der Waals surface area contributed by atoms with Crippen LogP contribution >= 0.6 is 0 Å². The first kappa shape index (κ1) is 22.9. The zero-order chi connectivity index (χ0) is 22.9. The van der Waals surface area contributed by atoms with E-state index in [1.54, 1.807) is 12.1 Å². The molecule has 2 N–H and O–H groups in total. The average molecular weight is 458 g/mol. The van der Waals surface area contributed by atoms with Crippen LogP contribution in [0.15, 0.2) is 47.4 Å². The van der Waals surface area contributed by atoms with E-state index in [1.165, 1.54) is 6.07 Å². The van der Waals surface area contributed by atoms with Crippen molar-refractivity contribution in [1.82, 2.24) is 9.62 Å². The maximum atomic E-state index is 13.1. The topological polar surface area (TPSA) is 87.7 Å². The molecule has 7 nitrogen and oxygen atoms in total. The number of hydrogen-bond acceptors (Lipinski definition) is 5. The molecule has 32 heavy (non-hydrogen) atoms. The second-order valence-corrected chi connectivity index (χ2v) is 10.6. The summed E-state index contributed by atoms with van der Waals surface area (Å²) in [5.41, 5.74) is 2.82. The molecule has 1 saturated carbocycles. The highest BCUT2D eigenvalue weighted by Gasteiger charge is 2.29. The van der Waals surface area contributed by atoms with Gasteiger partial charge in [0.15, 0.2) is 0 Å². The number of carbonyl (C=O) groups is 1. The lowest BCUT2D eigenvalue weighted by Crippen LogP contribution is -2.44. The molecular weight excluding hydrogens is 426 g/mol. The number of ether oxygens (including phenoxy) is 1. The molecule has 172 valence electrons. The molecule has 1 heterocycles. The first-order valence-corrected chi connectivity index (χ1v) is 12.6. The lowest BCUT2D eigenvalue weighted by molar-refractivity contribution is -0.0704. The molecule has 1 aliphatic carbocycles. The molecule has 2 atom stereocenters. The minimum atomic E-state index is -3.63. The molecule has 1 saturated heterocycles. The Labute approximate surface area is 190 Å². The Hall–Kier alpha value is -2.26. The lowest BCUT2D eigenvalue weighted by Gasteiger charge is -2.35. The van der Waals surface area contributed by atoms with Crippen LogP contribution in [-0.2, 0) is 21.3 Å². The fourth-order valence-corrected chi connectivity index (χ4v) is 5.46. The molecule has 1 amide bonds. The van der Waals surface area contributed by atoms with Gasteiger partial charge in [0, 0.05) is 36.9 Å². The van der Waals surface area contributed by atoms with Crippen LogP contribution in [0.5, 0.6) is 0 Å². The molecule has 2 aliphatic rings. The molecule has 2 aromatic rings. The van der Waals surface area contributed by atoms with Crippen molar-refractivity contribution in [1.29, 1.82) is 0 Å². The van der Waals surface area contributed by atoms with E-state index in [1.807, 2.05) is 31.2 Å². The average Bonchev–Trinajstić information content (AvgIpc) is 3.52. The number of nitrogens with zero attached hydrogens (tertiary/aromatic N) is 1. The molecule has 4 rings (SSSR count). The second-order valence-electron chi connectivity index (χ2n) is 8.93. The normalized spacial score (nSPS) is 22.0. The van der Waals surface area contributed by atoms with Crippen LogP contribution < -0.4 is 10.0 Å². The number of hydrogen-bond donors (Lipinski definition) is 2. The molecule has 2 unspecified atom stereocenters. The molecule has 0 spiro atoms.